The number of methoxy groups -OCH3 is 3. The van der Waals surface area contributed by atoms with E-state index < -0.39 is 11.6 Å². The summed E-state index contributed by atoms with van der Waals surface area (Å²) in [5.41, 5.74) is 2.94. The van der Waals surface area contributed by atoms with Crippen molar-refractivity contribution in [1.82, 2.24) is 0 Å². The van der Waals surface area contributed by atoms with Crippen molar-refractivity contribution in [2.45, 2.75) is 46.6 Å². The first kappa shape index (κ1) is 33.2. The first-order valence-electron chi connectivity index (χ1n) is 14.2. The predicted octanol–water partition coefficient (Wildman–Crippen LogP) is 7.86. The molecule has 4 rings (SSSR count). The second-order valence-electron chi connectivity index (χ2n) is 8.49. The highest BCUT2D eigenvalue weighted by Crippen LogP contribution is 2.41. The van der Waals surface area contributed by atoms with Gasteiger partial charge in [0.2, 0.25) is 0 Å². The quantitative estimate of drug-likeness (QED) is 0.186. The van der Waals surface area contributed by atoms with Gasteiger partial charge in [-0.05, 0) is 66.0 Å². The molecule has 41 heavy (non-hydrogen) atoms. The minimum absolute atomic E-state index is 0.169. The van der Waals surface area contributed by atoms with Crippen molar-refractivity contribution in [3.05, 3.63) is 119 Å². The van der Waals surface area contributed by atoms with Crippen molar-refractivity contribution in [3.63, 3.8) is 0 Å². The highest BCUT2D eigenvalue weighted by Gasteiger charge is 2.37. The summed E-state index contributed by atoms with van der Waals surface area (Å²) in [5.74, 6) is 1.55. The maximum absolute atomic E-state index is 13.1. The van der Waals surface area contributed by atoms with Crippen LogP contribution in [0.2, 0.25) is 0 Å². The number of esters is 1. The zero-order valence-electron chi connectivity index (χ0n) is 25.7. The highest BCUT2D eigenvalue weighted by molar-refractivity contribution is 5.94. The molecule has 220 valence electrons. The molecule has 0 spiro atoms. The van der Waals surface area contributed by atoms with Gasteiger partial charge in [0.15, 0.2) is 0 Å². The molecule has 0 saturated carbocycles. The lowest BCUT2D eigenvalue weighted by atomic mass is 9.83. The Bertz CT molecular complexity index is 1210. The normalized spacial score (nSPS) is 17.2. The van der Waals surface area contributed by atoms with Crippen LogP contribution >= 0.6 is 0 Å². The van der Waals surface area contributed by atoms with Crippen LogP contribution in [0.3, 0.4) is 0 Å². The number of hydrogen-bond acceptors (Lipinski definition) is 6. The molecule has 0 fully saturated rings. The Morgan fingerprint density at radius 3 is 1.76 bits per heavy atom. The molecule has 2 aromatic carbocycles. The van der Waals surface area contributed by atoms with Gasteiger partial charge in [0, 0.05) is 0 Å². The predicted molar refractivity (Wildman–Crippen MR) is 165 cm³/mol. The van der Waals surface area contributed by atoms with Gasteiger partial charge in [-0.3, -0.25) is 0 Å². The van der Waals surface area contributed by atoms with Crippen LogP contribution in [-0.2, 0) is 24.6 Å². The SMILES string of the molecule is CC.CC.CCOC(=C1\C=CC=CC1)/C(C(=O)OC)=C1/C=CC(c2ccc(OC)cc2)(c2ccc(OC)cc2)OC1. The summed E-state index contributed by atoms with van der Waals surface area (Å²) in [6.07, 6.45) is 12.5. The average Bonchev–Trinajstić information content (AvgIpc) is 3.07. The Morgan fingerprint density at radius 1 is 0.805 bits per heavy atom. The number of benzene rings is 2. The Labute approximate surface area is 245 Å². The van der Waals surface area contributed by atoms with E-state index in [1.807, 2.05) is 120 Å². The third-order valence-corrected chi connectivity index (χ3v) is 6.41. The van der Waals surface area contributed by atoms with E-state index in [1.54, 1.807) is 14.2 Å². The molecule has 0 radical (unpaired) electrons. The van der Waals surface area contributed by atoms with Crippen LogP contribution in [0.5, 0.6) is 11.5 Å². The minimum Gasteiger partial charge on any atom is -0.497 e. The number of allylic oxidation sites excluding steroid dienone is 5. The van der Waals surface area contributed by atoms with Crippen molar-refractivity contribution >= 4 is 5.97 Å². The van der Waals surface area contributed by atoms with Gasteiger partial charge in [0.05, 0.1) is 34.5 Å². The first-order chi connectivity index (χ1) is 20.1. The van der Waals surface area contributed by atoms with Gasteiger partial charge in [-0.25, -0.2) is 4.79 Å². The Balaban J connectivity index is 0.00000141. The van der Waals surface area contributed by atoms with E-state index in [-0.39, 0.29) is 6.61 Å². The van der Waals surface area contributed by atoms with Gasteiger partial charge in [0.25, 0.3) is 0 Å². The molecule has 6 nitrogen and oxygen atoms in total. The zero-order valence-corrected chi connectivity index (χ0v) is 25.7. The van der Waals surface area contributed by atoms with Gasteiger partial charge in [-0.1, -0.05) is 82.3 Å². The fourth-order valence-corrected chi connectivity index (χ4v) is 4.49. The second-order valence-corrected chi connectivity index (χ2v) is 8.49. The van der Waals surface area contributed by atoms with E-state index in [0.717, 1.165) is 28.2 Å². The minimum atomic E-state index is -0.879. The largest absolute Gasteiger partial charge is 0.497 e. The molecule has 2 aromatic rings. The fourth-order valence-electron chi connectivity index (χ4n) is 4.49. The van der Waals surface area contributed by atoms with Crippen LogP contribution in [0.1, 0.15) is 52.2 Å². The standard InChI is InChI=1S/C31H32O6.2C2H6/c1-5-36-29(22-9-7-6-8-10-22)28(30(32)35-4)23-19-20-31(37-21-23,24-11-15-26(33-2)16-12-24)25-13-17-27(34-3)18-14-25;2*1-2/h6-9,11-20H,5,10,21H2,1-4H3;2*1-2H3/b28-23+,29-22+;;. The Hall–Kier alpha value is -4.03. The van der Waals surface area contributed by atoms with Gasteiger partial charge in [-0.2, -0.15) is 0 Å². The average molecular weight is 561 g/mol. The summed E-state index contributed by atoms with van der Waals surface area (Å²) in [6, 6.07) is 15.6. The van der Waals surface area contributed by atoms with Crippen LogP contribution in [0.4, 0.5) is 0 Å². The molecule has 0 N–H and O–H groups in total. The van der Waals surface area contributed by atoms with Crippen LogP contribution in [-0.4, -0.2) is 40.5 Å². The van der Waals surface area contributed by atoms with E-state index in [1.165, 1.54) is 7.11 Å². The third-order valence-electron chi connectivity index (χ3n) is 6.41. The maximum atomic E-state index is 13.1. The molecule has 6 heteroatoms. The van der Waals surface area contributed by atoms with Gasteiger partial charge in [0.1, 0.15) is 28.4 Å². The molecule has 0 bridgehead atoms. The molecule has 1 aliphatic carbocycles. The molecule has 2 aliphatic rings. The van der Waals surface area contributed by atoms with E-state index in [4.69, 9.17) is 23.7 Å². The lowest BCUT2D eigenvalue weighted by Crippen LogP contribution is -2.33. The van der Waals surface area contributed by atoms with Crippen LogP contribution in [0.15, 0.2) is 107 Å². The number of carbonyl (C=O) groups is 1. The maximum Gasteiger partial charge on any atom is 0.342 e. The summed E-state index contributed by atoms with van der Waals surface area (Å²) in [7, 11) is 4.65. The first-order valence-corrected chi connectivity index (χ1v) is 14.2. The number of ether oxygens (including phenoxy) is 5. The van der Waals surface area contributed by atoms with Crippen molar-refractivity contribution in [2.24, 2.45) is 0 Å². The van der Waals surface area contributed by atoms with Crippen molar-refractivity contribution in [2.75, 3.05) is 34.5 Å². The number of rotatable bonds is 8. The van der Waals surface area contributed by atoms with Crippen LogP contribution in [0, 0.1) is 0 Å². The molecule has 1 aliphatic heterocycles. The van der Waals surface area contributed by atoms with Gasteiger partial charge in [-0.15, -0.1) is 0 Å². The number of hydrogen-bond donors (Lipinski definition) is 0. The molecule has 0 atom stereocenters. The van der Waals surface area contributed by atoms with E-state index in [9.17, 15) is 4.79 Å². The van der Waals surface area contributed by atoms with E-state index >= 15 is 0 Å². The van der Waals surface area contributed by atoms with Gasteiger partial charge >= 0.3 is 5.97 Å². The Kier molecular flexibility index (Phi) is 13.7. The number of carbonyl (C=O) groups excluding carboxylic acids is 1. The van der Waals surface area contributed by atoms with Gasteiger partial charge < -0.3 is 23.7 Å². The molecular formula is C35H44O6. The molecule has 0 unspecified atom stereocenters. The summed E-state index contributed by atoms with van der Waals surface area (Å²) >= 11 is 0. The molecular weight excluding hydrogens is 516 g/mol. The zero-order chi connectivity index (χ0) is 30.3. The monoisotopic (exact) mass is 560 g/mol. The van der Waals surface area contributed by atoms with E-state index in [2.05, 4.69) is 0 Å². The summed E-state index contributed by atoms with van der Waals surface area (Å²) in [4.78, 5) is 13.1. The second kappa shape index (κ2) is 16.9. The molecule has 1 heterocycles. The van der Waals surface area contributed by atoms with E-state index in [0.29, 0.717) is 29.9 Å². The van der Waals surface area contributed by atoms with Crippen molar-refractivity contribution in [1.29, 1.82) is 0 Å². The lowest BCUT2D eigenvalue weighted by Gasteiger charge is -2.36. The van der Waals surface area contributed by atoms with Crippen molar-refractivity contribution in [3.8, 4) is 11.5 Å². The van der Waals surface area contributed by atoms with Crippen LogP contribution in [0.25, 0.3) is 0 Å². The summed E-state index contributed by atoms with van der Waals surface area (Å²) < 4.78 is 28.6. The summed E-state index contributed by atoms with van der Waals surface area (Å²) in [5, 5.41) is 0. The Morgan fingerprint density at radius 2 is 1.37 bits per heavy atom. The molecule has 0 aromatic heterocycles. The summed E-state index contributed by atoms with van der Waals surface area (Å²) in [6.45, 7) is 10.5. The smallest absolute Gasteiger partial charge is 0.342 e. The molecule has 0 amide bonds. The highest BCUT2D eigenvalue weighted by atomic mass is 16.5. The third kappa shape index (κ3) is 7.80. The topological polar surface area (TPSA) is 63.2 Å². The van der Waals surface area contributed by atoms with Crippen LogP contribution < -0.4 is 9.47 Å². The fraction of sp³-hybridized carbons (Fsp3) is 0.343. The molecule has 0 saturated heterocycles. The lowest BCUT2D eigenvalue weighted by molar-refractivity contribution is -0.136. The van der Waals surface area contributed by atoms with Crippen molar-refractivity contribution < 1.29 is 28.5 Å².